The van der Waals surface area contributed by atoms with E-state index in [1.54, 1.807) is 18.0 Å². The number of carbonyl (C=O) groups excluding carboxylic acids is 1. The van der Waals surface area contributed by atoms with Crippen LogP contribution in [0.4, 0.5) is 0 Å². The summed E-state index contributed by atoms with van der Waals surface area (Å²) in [6.07, 6.45) is 6.62. The van der Waals surface area contributed by atoms with Crippen LogP contribution in [0.1, 0.15) is 49.5 Å². The summed E-state index contributed by atoms with van der Waals surface area (Å²) in [5.41, 5.74) is 0.617. The van der Waals surface area contributed by atoms with Crippen LogP contribution in [0.25, 0.3) is 0 Å². The highest BCUT2D eigenvalue weighted by atomic mass is 16.5. The van der Waals surface area contributed by atoms with E-state index in [4.69, 9.17) is 4.74 Å². The summed E-state index contributed by atoms with van der Waals surface area (Å²) in [4.78, 5) is 14.4. The van der Waals surface area contributed by atoms with Crippen molar-refractivity contribution in [3.05, 3.63) is 11.9 Å². The van der Waals surface area contributed by atoms with Gasteiger partial charge in [-0.3, -0.25) is 9.48 Å². The molecule has 114 valence electrons. The van der Waals surface area contributed by atoms with E-state index in [-0.39, 0.29) is 5.78 Å². The highest BCUT2D eigenvalue weighted by Crippen LogP contribution is 2.20. The molecular weight excluding hydrogens is 254 g/mol. The second-order valence-electron chi connectivity index (χ2n) is 5.32. The van der Waals surface area contributed by atoms with Gasteiger partial charge in [-0.05, 0) is 20.5 Å². The van der Waals surface area contributed by atoms with Gasteiger partial charge in [0.15, 0.2) is 11.5 Å². The molecule has 5 heteroatoms. The van der Waals surface area contributed by atoms with Gasteiger partial charge in [-0.2, -0.15) is 5.10 Å². The van der Waals surface area contributed by atoms with E-state index < -0.39 is 0 Å². The van der Waals surface area contributed by atoms with Gasteiger partial charge in [0, 0.05) is 13.0 Å². The van der Waals surface area contributed by atoms with E-state index in [9.17, 15) is 4.79 Å². The molecule has 0 amide bonds. The van der Waals surface area contributed by atoms with E-state index in [0.29, 0.717) is 24.4 Å². The number of methoxy groups -OCH3 is 1. The number of hydrogen-bond donors (Lipinski definition) is 0. The average Bonchev–Trinajstić information content (AvgIpc) is 2.84. The minimum atomic E-state index is 0.134. The van der Waals surface area contributed by atoms with Crippen LogP contribution >= 0.6 is 0 Å². The molecule has 1 rings (SSSR count). The van der Waals surface area contributed by atoms with Gasteiger partial charge in [0.1, 0.15) is 5.69 Å². The Hall–Kier alpha value is -1.36. The van der Waals surface area contributed by atoms with Crippen LogP contribution in [0.3, 0.4) is 0 Å². The summed E-state index contributed by atoms with van der Waals surface area (Å²) < 4.78 is 7.03. The Kier molecular flexibility index (Phi) is 7.30. The van der Waals surface area contributed by atoms with Crippen molar-refractivity contribution in [2.24, 2.45) is 0 Å². The quantitative estimate of drug-likeness (QED) is 0.488. The van der Waals surface area contributed by atoms with E-state index in [2.05, 4.69) is 16.9 Å². The van der Waals surface area contributed by atoms with Crippen molar-refractivity contribution in [3.8, 4) is 5.75 Å². The molecule has 0 bridgehead atoms. The Labute approximate surface area is 121 Å². The van der Waals surface area contributed by atoms with Crippen LogP contribution in [0.2, 0.25) is 0 Å². The van der Waals surface area contributed by atoms with E-state index in [0.717, 1.165) is 19.4 Å². The molecule has 0 unspecified atom stereocenters. The lowest BCUT2D eigenvalue weighted by atomic mass is 10.1. The van der Waals surface area contributed by atoms with Crippen LogP contribution < -0.4 is 4.74 Å². The van der Waals surface area contributed by atoms with E-state index >= 15 is 0 Å². The van der Waals surface area contributed by atoms with E-state index in [1.807, 2.05) is 14.1 Å². The molecule has 0 aliphatic rings. The summed E-state index contributed by atoms with van der Waals surface area (Å²) in [5, 5.41) is 4.27. The normalized spacial score (nSPS) is 11.1. The smallest absolute Gasteiger partial charge is 0.184 e. The average molecular weight is 281 g/mol. The number of nitrogens with zero attached hydrogens (tertiary/aromatic N) is 3. The van der Waals surface area contributed by atoms with Crippen molar-refractivity contribution in [1.29, 1.82) is 0 Å². The Morgan fingerprint density at radius 3 is 2.70 bits per heavy atom. The highest BCUT2D eigenvalue weighted by molar-refractivity contribution is 5.96. The molecular formula is C15H27N3O2. The van der Waals surface area contributed by atoms with Crippen molar-refractivity contribution in [2.75, 3.05) is 27.7 Å². The molecule has 20 heavy (non-hydrogen) atoms. The third-order valence-electron chi connectivity index (χ3n) is 3.31. The fraction of sp³-hybridized carbons (Fsp3) is 0.733. The molecule has 0 aliphatic carbocycles. The minimum Gasteiger partial charge on any atom is -0.493 e. The van der Waals surface area contributed by atoms with Crippen molar-refractivity contribution >= 4 is 5.78 Å². The molecule has 0 fully saturated rings. The Morgan fingerprint density at radius 1 is 1.35 bits per heavy atom. The zero-order valence-corrected chi connectivity index (χ0v) is 13.2. The Morgan fingerprint density at radius 2 is 2.10 bits per heavy atom. The number of rotatable bonds is 10. The number of carbonyl (C=O) groups is 1. The monoisotopic (exact) mass is 281 g/mol. The third kappa shape index (κ3) is 4.96. The molecule has 0 aromatic carbocycles. The van der Waals surface area contributed by atoms with Gasteiger partial charge < -0.3 is 9.64 Å². The van der Waals surface area contributed by atoms with Crippen molar-refractivity contribution in [2.45, 2.75) is 45.6 Å². The molecule has 0 N–H and O–H groups in total. The number of hydrogen-bond acceptors (Lipinski definition) is 4. The molecule has 0 saturated carbocycles. The van der Waals surface area contributed by atoms with E-state index in [1.165, 1.54) is 12.8 Å². The maximum atomic E-state index is 12.4. The topological polar surface area (TPSA) is 47.4 Å². The Balaban J connectivity index is 2.69. The number of Topliss-reactive ketones (excluding diaryl/α,β-unsaturated/α-hetero) is 1. The number of ether oxygens (including phenoxy) is 1. The predicted molar refractivity (Wildman–Crippen MR) is 80.4 cm³/mol. The standard InChI is InChI=1S/C15H27N3O2/c1-5-6-7-8-9-13(19)15-14(20-4)12-16-18(15)11-10-17(2)3/h12H,5-11H2,1-4H3. The number of likely N-dealkylation sites (N-methyl/N-ethyl adjacent to an activating group) is 1. The van der Waals surface area contributed by atoms with Gasteiger partial charge in [0.05, 0.1) is 19.9 Å². The first-order valence-corrected chi connectivity index (χ1v) is 7.37. The molecule has 1 aromatic rings. The summed E-state index contributed by atoms with van der Waals surface area (Å²) in [5.74, 6) is 0.721. The van der Waals surface area contributed by atoms with Gasteiger partial charge in [-0.1, -0.05) is 26.2 Å². The lowest BCUT2D eigenvalue weighted by molar-refractivity contribution is 0.0964. The fourth-order valence-corrected chi connectivity index (χ4v) is 2.09. The van der Waals surface area contributed by atoms with Gasteiger partial charge in [0.2, 0.25) is 0 Å². The van der Waals surface area contributed by atoms with Crippen molar-refractivity contribution in [1.82, 2.24) is 14.7 Å². The second kappa shape index (κ2) is 8.74. The first-order valence-electron chi connectivity index (χ1n) is 7.37. The summed E-state index contributed by atoms with van der Waals surface area (Å²) in [6, 6.07) is 0. The van der Waals surface area contributed by atoms with Crippen molar-refractivity contribution in [3.63, 3.8) is 0 Å². The molecule has 0 spiro atoms. The predicted octanol–water partition coefficient (Wildman–Crippen LogP) is 2.61. The van der Waals surface area contributed by atoms with Crippen LogP contribution in [-0.4, -0.2) is 48.2 Å². The first kappa shape index (κ1) is 16.7. The summed E-state index contributed by atoms with van der Waals surface area (Å²) in [6.45, 7) is 3.72. The van der Waals surface area contributed by atoms with Crippen LogP contribution in [-0.2, 0) is 6.54 Å². The maximum Gasteiger partial charge on any atom is 0.184 e. The lowest BCUT2D eigenvalue weighted by Crippen LogP contribution is -2.21. The third-order valence-corrected chi connectivity index (χ3v) is 3.31. The maximum absolute atomic E-state index is 12.4. The fourth-order valence-electron chi connectivity index (χ4n) is 2.09. The second-order valence-corrected chi connectivity index (χ2v) is 5.32. The lowest BCUT2D eigenvalue weighted by Gasteiger charge is -2.12. The zero-order chi connectivity index (χ0) is 15.0. The SMILES string of the molecule is CCCCCCC(=O)c1c(OC)cnn1CCN(C)C. The molecule has 1 aromatic heterocycles. The molecule has 1 heterocycles. The number of aromatic nitrogens is 2. The first-order chi connectivity index (χ1) is 9.60. The highest BCUT2D eigenvalue weighted by Gasteiger charge is 2.18. The van der Waals surface area contributed by atoms with Crippen LogP contribution in [0.15, 0.2) is 6.20 Å². The van der Waals surface area contributed by atoms with Crippen molar-refractivity contribution < 1.29 is 9.53 Å². The minimum absolute atomic E-state index is 0.134. The number of unbranched alkanes of at least 4 members (excludes halogenated alkanes) is 3. The summed E-state index contributed by atoms with van der Waals surface area (Å²) in [7, 11) is 5.60. The van der Waals surface area contributed by atoms with Gasteiger partial charge >= 0.3 is 0 Å². The molecule has 0 atom stereocenters. The molecule has 0 saturated heterocycles. The van der Waals surface area contributed by atoms with Crippen LogP contribution in [0, 0.1) is 0 Å². The zero-order valence-electron chi connectivity index (χ0n) is 13.2. The number of ketones is 1. The van der Waals surface area contributed by atoms with Gasteiger partial charge in [-0.15, -0.1) is 0 Å². The van der Waals surface area contributed by atoms with Crippen LogP contribution in [0.5, 0.6) is 5.75 Å². The summed E-state index contributed by atoms with van der Waals surface area (Å²) >= 11 is 0. The van der Waals surface area contributed by atoms with Gasteiger partial charge in [-0.25, -0.2) is 0 Å². The molecule has 5 nitrogen and oxygen atoms in total. The largest absolute Gasteiger partial charge is 0.493 e. The Bertz CT molecular complexity index is 413. The van der Waals surface area contributed by atoms with Gasteiger partial charge in [0.25, 0.3) is 0 Å². The molecule has 0 radical (unpaired) electrons. The molecule has 0 aliphatic heterocycles.